The van der Waals surface area contributed by atoms with Crippen LogP contribution in [0.1, 0.15) is 57.8 Å². The van der Waals surface area contributed by atoms with Gasteiger partial charge in [0.25, 0.3) is 0 Å². The van der Waals surface area contributed by atoms with E-state index >= 15 is 0 Å². The van der Waals surface area contributed by atoms with Gasteiger partial charge in [-0.2, -0.15) is 0 Å². The summed E-state index contributed by atoms with van der Waals surface area (Å²) in [4.78, 5) is 2.69. The van der Waals surface area contributed by atoms with Crippen molar-refractivity contribution in [3.63, 3.8) is 0 Å². The molecule has 2 nitrogen and oxygen atoms in total. The molecule has 0 radical (unpaired) electrons. The predicted molar refractivity (Wildman–Crippen MR) is 74.6 cm³/mol. The van der Waals surface area contributed by atoms with Crippen LogP contribution < -0.4 is 5.32 Å². The van der Waals surface area contributed by atoms with Gasteiger partial charge in [0.1, 0.15) is 0 Å². The van der Waals surface area contributed by atoms with Gasteiger partial charge in [-0.05, 0) is 70.3 Å². The molecule has 2 saturated carbocycles. The van der Waals surface area contributed by atoms with E-state index in [0.717, 1.165) is 36.0 Å². The molecular formula is C16H28N2. The molecular weight excluding hydrogens is 220 g/mol. The van der Waals surface area contributed by atoms with E-state index in [-0.39, 0.29) is 0 Å². The first-order valence-corrected chi connectivity index (χ1v) is 8.29. The largest absolute Gasteiger partial charge is 0.311 e. The fourth-order valence-corrected chi connectivity index (χ4v) is 4.59. The highest BCUT2D eigenvalue weighted by Crippen LogP contribution is 2.45. The molecule has 4 rings (SSSR count). The van der Waals surface area contributed by atoms with Crippen LogP contribution in [0.5, 0.6) is 0 Å². The molecule has 2 atom stereocenters. The predicted octanol–water partition coefficient (Wildman–Crippen LogP) is 2.78. The topological polar surface area (TPSA) is 15.3 Å². The maximum atomic E-state index is 4.10. The molecule has 2 heteroatoms. The molecule has 0 aromatic carbocycles. The number of fused-ring (bicyclic) bond motifs is 2. The van der Waals surface area contributed by atoms with Gasteiger partial charge in [-0.1, -0.05) is 6.42 Å². The van der Waals surface area contributed by atoms with Crippen molar-refractivity contribution in [3.05, 3.63) is 0 Å². The summed E-state index contributed by atoms with van der Waals surface area (Å²) < 4.78 is 0. The Morgan fingerprint density at radius 3 is 1.94 bits per heavy atom. The lowest BCUT2D eigenvalue weighted by molar-refractivity contribution is 0.0442. The van der Waals surface area contributed by atoms with Gasteiger partial charge < -0.3 is 10.2 Å². The fraction of sp³-hybridized carbons (Fsp3) is 1.00. The van der Waals surface area contributed by atoms with E-state index in [2.05, 4.69) is 17.3 Å². The molecule has 2 saturated heterocycles. The van der Waals surface area contributed by atoms with Crippen molar-refractivity contribution < 1.29 is 0 Å². The summed E-state index contributed by atoms with van der Waals surface area (Å²) in [6.45, 7) is 0. The number of nitrogens with one attached hydrogen (secondary N) is 1. The van der Waals surface area contributed by atoms with Gasteiger partial charge in [0.15, 0.2) is 0 Å². The molecule has 0 spiro atoms. The minimum atomic E-state index is 0.836. The van der Waals surface area contributed by atoms with Crippen molar-refractivity contribution in [2.24, 2.45) is 11.8 Å². The molecule has 4 aliphatic rings. The zero-order valence-corrected chi connectivity index (χ0v) is 11.8. The Morgan fingerprint density at radius 2 is 1.44 bits per heavy atom. The van der Waals surface area contributed by atoms with Crippen LogP contribution >= 0.6 is 0 Å². The average molecular weight is 248 g/mol. The Morgan fingerprint density at radius 1 is 0.889 bits per heavy atom. The van der Waals surface area contributed by atoms with E-state index in [0.29, 0.717) is 0 Å². The van der Waals surface area contributed by atoms with E-state index < -0.39 is 0 Å². The van der Waals surface area contributed by atoms with Crippen molar-refractivity contribution >= 4 is 0 Å². The summed E-state index contributed by atoms with van der Waals surface area (Å²) in [6, 6.07) is 3.50. The van der Waals surface area contributed by atoms with Gasteiger partial charge in [-0.3, -0.25) is 0 Å². The van der Waals surface area contributed by atoms with Gasteiger partial charge in [-0.15, -0.1) is 0 Å². The zero-order valence-electron chi connectivity index (χ0n) is 11.8. The Hall–Kier alpha value is -0.0800. The summed E-state index contributed by atoms with van der Waals surface area (Å²) in [7, 11) is 2.37. The third-order valence-corrected chi connectivity index (χ3v) is 6.03. The quantitative estimate of drug-likeness (QED) is 0.823. The van der Waals surface area contributed by atoms with Crippen LogP contribution in [-0.4, -0.2) is 36.1 Å². The Labute approximate surface area is 111 Å². The third kappa shape index (κ3) is 2.22. The first-order valence-electron chi connectivity index (χ1n) is 8.29. The molecule has 2 heterocycles. The standard InChI is InChI=1S/C16H28N2/c1-18-14-3-2-4-15(18)10-13(9-14)17-16(11-5-6-11)12-7-8-12/h11-17H,2-10H2,1H3/t14-,15-/m0/s1. The molecule has 4 fully saturated rings. The van der Waals surface area contributed by atoms with Crippen molar-refractivity contribution in [1.29, 1.82) is 0 Å². The molecule has 0 aromatic heterocycles. The number of hydrogen-bond donors (Lipinski definition) is 1. The monoisotopic (exact) mass is 248 g/mol. The minimum absolute atomic E-state index is 0.836. The number of nitrogens with zero attached hydrogens (tertiary/aromatic N) is 1. The van der Waals surface area contributed by atoms with Crippen molar-refractivity contribution in [3.8, 4) is 0 Å². The summed E-state index contributed by atoms with van der Waals surface area (Å²) in [6.07, 6.45) is 13.2. The highest BCUT2D eigenvalue weighted by Gasteiger charge is 2.44. The van der Waals surface area contributed by atoms with Crippen LogP contribution in [0.25, 0.3) is 0 Å². The van der Waals surface area contributed by atoms with Gasteiger partial charge in [0.2, 0.25) is 0 Å². The second-order valence-corrected chi connectivity index (χ2v) is 7.44. The summed E-state index contributed by atoms with van der Waals surface area (Å²) in [5, 5.41) is 4.10. The summed E-state index contributed by atoms with van der Waals surface area (Å²) >= 11 is 0. The number of hydrogen-bond acceptors (Lipinski definition) is 2. The van der Waals surface area contributed by atoms with Crippen molar-refractivity contribution in [1.82, 2.24) is 10.2 Å². The van der Waals surface area contributed by atoms with E-state index in [4.69, 9.17) is 0 Å². The Bertz CT molecular complexity index is 282. The molecule has 0 amide bonds. The fourth-order valence-electron chi connectivity index (χ4n) is 4.59. The second kappa shape index (κ2) is 4.49. The number of rotatable bonds is 4. The second-order valence-electron chi connectivity index (χ2n) is 7.44. The van der Waals surface area contributed by atoms with Crippen LogP contribution in [0.2, 0.25) is 0 Å². The van der Waals surface area contributed by atoms with E-state index in [1.54, 1.807) is 0 Å². The molecule has 2 aliphatic carbocycles. The van der Waals surface area contributed by atoms with Crippen LogP contribution in [0.15, 0.2) is 0 Å². The molecule has 2 bridgehead atoms. The SMILES string of the molecule is CN1[C@H]2CCC[C@H]1CC(NC(C1CC1)C1CC1)C2. The van der Waals surface area contributed by atoms with Gasteiger partial charge in [-0.25, -0.2) is 0 Å². The molecule has 0 unspecified atom stereocenters. The number of piperidine rings is 2. The Balaban J connectivity index is 1.39. The first-order chi connectivity index (χ1) is 8.81. The summed E-state index contributed by atoms with van der Waals surface area (Å²) in [5.41, 5.74) is 0. The van der Waals surface area contributed by atoms with Gasteiger partial charge in [0.05, 0.1) is 0 Å². The highest BCUT2D eigenvalue weighted by atomic mass is 15.2. The van der Waals surface area contributed by atoms with E-state index in [1.165, 1.54) is 57.8 Å². The lowest BCUT2D eigenvalue weighted by atomic mass is 9.82. The van der Waals surface area contributed by atoms with Gasteiger partial charge >= 0.3 is 0 Å². The maximum Gasteiger partial charge on any atom is 0.0126 e. The lowest BCUT2D eigenvalue weighted by Gasteiger charge is -2.48. The van der Waals surface area contributed by atoms with E-state index in [9.17, 15) is 0 Å². The average Bonchev–Trinajstić information content (AvgIpc) is 3.21. The smallest absolute Gasteiger partial charge is 0.0126 e. The molecule has 2 aliphatic heterocycles. The van der Waals surface area contributed by atoms with Crippen LogP contribution in [0.3, 0.4) is 0 Å². The molecule has 102 valence electrons. The lowest BCUT2D eigenvalue weighted by Crippen LogP contribution is -2.56. The minimum Gasteiger partial charge on any atom is -0.311 e. The highest BCUT2D eigenvalue weighted by molar-refractivity contribution is 5.00. The Kier molecular flexibility index (Phi) is 2.92. The zero-order chi connectivity index (χ0) is 12.1. The first kappa shape index (κ1) is 11.7. The molecule has 0 aromatic rings. The van der Waals surface area contributed by atoms with Crippen LogP contribution in [0.4, 0.5) is 0 Å². The van der Waals surface area contributed by atoms with Crippen LogP contribution in [0, 0.1) is 11.8 Å². The van der Waals surface area contributed by atoms with E-state index in [1.807, 2.05) is 0 Å². The van der Waals surface area contributed by atoms with Crippen molar-refractivity contribution in [2.45, 2.75) is 82.0 Å². The molecule has 1 N–H and O–H groups in total. The maximum absolute atomic E-state index is 4.10. The van der Waals surface area contributed by atoms with Gasteiger partial charge in [0, 0.05) is 24.2 Å². The summed E-state index contributed by atoms with van der Waals surface area (Å²) in [5.74, 6) is 2.11. The van der Waals surface area contributed by atoms with Crippen molar-refractivity contribution in [2.75, 3.05) is 7.05 Å². The third-order valence-electron chi connectivity index (χ3n) is 6.03. The van der Waals surface area contributed by atoms with Crippen LogP contribution in [-0.2, 0) is 0 Å². The normalized spacial score (nSPS) is 41.3. The molecule has 18 heavy (non-hydrogen) atoms.